The predicted molar refractivity (Wildman–Crippen MR) is 78.7 cm³/mol. The number of carbonyl (C=O) groups is 2. The van der Waals surface area contributed by atoms with Crippen LogP contribution in [0.1, 0.15) is 38.2 Å². The predicted octanol–water partition coefficient (Wildman–Crippen LogP) is 2.21. The van der Waals surface area contributed by atoms with E-state index >= 15 is 0 Å². The second-order valence-electron chi connectivity index (χ2n) is 5.39. The molecule has 5 heteroatoms. The van der Waals surface area contributed by atoms with E-state index in [0.717, 1.165) is 24.1 Å². The van der Waals surface area contributed by atoms with Crippen LogP contribution in [-0.4, -0.2) is 24.5 Å². The zero-order valence-electron chi connectivity index (χ0n) is 11.9. The molecule has 1 aromatic carbocycles. The van der Waals surface area contributed by atoms with Gasteiger partial charge in [0, 0.05) is 11.7 Å². The molecular weight excluding hydrogens is 254 g/mol. The molecule has 1 aromatic rings. The lowest BCUT2D eigenvalue weighted by Crippen LogP contribution is -2.40. The Kier molecular flexibility index (Phi) is 4.61. The fourth-order valence-corrected chi connectivity index (χ4v) is 1.93. The highest BCUT2D eigenvalue weighted by Gasteiger charge is 2.23. The highest BCUT2D eigenvalue weighted by molar-refractivity contribution is 5.95. The van der Waals surface area contributed by atoms with Crippen molar-refractivity contribution >= 4 is 17.6 Å². The summed E-state index contributed by atoms with van der Waals surface area (Å²) in [5.74, 6) is 0.113. The van der Waals surface area contributed by atoms with Gasteiger partial charge in [0.1, 0.15) is 0 Å². The van der Waals surface area contributed by atoms with E-state index in [-0.39, 0.29) is 18.5 Å². The van der Waals surface area contributed by atoms with Crippen LogP contribution in [0.2, 0.25) is 0 Å². The fourth-order valence-electron chi connectivity index (χ4n) is 1.93. The van der Waals surface area contributed by atoms with Gasteiger partial charge < -0.3 is 16.0 Å². The number of nitrogens with one attached hydrogen (secondary N) is 3. The molecule has 0 unspecified atom stereocenters. The summed E-state index contributed by atoms with van der Waals surface area (Å²) in [6, 6.07) is 7.71. The zero-order valence-corrected chi connectivity index (χ0v) is 11.9. The summed E-state index contributed by atoms with van der Waals surface area (Å²) >= 11 is 0. The molecule has 3 amide bonds. The zero-order chi connectivity index (χ0) is 14.5. The number of amides is 3. The number of hydrogen-bond acceptors (Lipinski definition) is 2. The van der Waals surface area contributed by atoms with Crippen LogP contribution in [0, 0.1) is 0 Å². The molecule has 5 nitrogen and oxygen atoms in total. The third kappa shape index (κ3) is 4.26. The van der Waals surface area contributed by atoms with E-state index in [9.17, 15) is 9.59 Å². The van der Waals surface area contributed by atoms with Crippen molar-refractivity contribution in [2.24, 2.45) is 0 Å². The second-order valence-corrected chi connectivity index (χ2v) is 5.39. The van der Waals surface area contributed by atoms with Gasteiger partial charge in [0.2, 0.25) is 5.91 Å². The molecule has 2 rings (SSSR count). The Labute approximate surface area is 119 Å². The van der Waals surface area contributed by atoms with Gasteiger partial charge in [0.25, 0.3) is 0 Å². The van der Waals surface area contributed by atoms with Gasteiger partial charge >= 0.3 is 6.03 Å². The number of anilines is 1. The van der Waals surface area contributed by atoms with Crippen LogP contribution in [0.15, 0.2) is 24.3 Å². The Morgan fingerprint density at radius 2 is 1.95 bits per heavy atom. The minimum absolute atomic E-state index is 0.0228. The first-order valence-corrected chi connectivity index (χ1v) is 6.99. The molecule has 1 fully saturated rings. The lowest BCUT2D eigenvalue weighted by molar-refractivity contribution is -0.115. The first-order chi connectivity index (χ1) is 9.56. The largest absolute Gasteiger partial charge is 0.335 e. The highest BCUT2D eigenvalue weighted by atomic mass is 16.2. The van der Waals surface area contributed by atoms with Crippen molar-refractivity contribution in [1.82, 2.24) is 10.6 Å². The van der Waals surface area contributed by atoms with Gasteiger partial charge in [0.05, 0.1) is 6.54 Å². The average molecular weight is 275 g/mol. The Bertz CT molecular complexity index is 496. The third-order valence-electron chi connectivity index (χ3n) is 3.18. The highest BCUT2D eigenvalue weighted by Crippen LogP contribution is 2.23. The molecule has 3 N–H and O–H groups in total. The van der Waals surface area contributed by atoms with Crippen molar-refractivity contribution < 1.29 is 9.59 Å². The van der Waals surface area contributed by atoms with Crippen molar-refractivity contribution in [2.75, 3.05) is 11.9 Å². The Hall–Kier alpha value is -2.04. The number of rotatable bonds is 5. The van der Waals surface area contributed by atoms with Crippen molar-refractivity contribution in [3.05, 3.63) is 29.8 Å². The molecular formula is C15H21N3O2. The van der Waals surface area contributed by atoms with Crippen LogP contribution in [-0.2, 0) is 4.79 Å². The normalized spacial score (nSPS) is 13.9. The molecule has 20 heavy (non-hydrogen) atoms. The maximum atomic E-state index is 11.8. The smallest absolute Gasteiger partial charge is 0.315 e. The molecule has 1 aliphatic carbocycles. The summed E-state index contributed by atoms with van der Waals surface area (Å²) in [7, 11) is 0. The summed E-state index contributed by atoms with van der Waals surface area (Å²) < 4.78 is 0. The maximum Gasteiger partial charge on any atom is 0.315 e. The van der Waals surface area contributed by atoms with Crippen LogP contribution in [0.3, 0.4) is 0 Å². The molecule has 0 aliphatic heterocycles. The number of hydrogen-bond donors (Lipinski definition) is 3. The van der Waals surface area contributed by atoms with E-state index in [2.05, 4.69) is 29.8 Å². The monoisotopic (exact) mass is 275 g/mol. The van der Waals surface area contributed by atoms with Crippen LogP contribution >= 0.6 is 0 Å². The molecule has 0 bridgehead atoms. The van der Waals surface area contributed by atoms with Crippen LogP contribution in [0.5, 0.6) is 0 Å². The van der Waals surface area contributed by atoms with Gasteiger partial charge in [-0.05, 0) is 30.4 Å². The van der Waals surface area contributed by atoms with E-state index in [4.69, 9.17) is 0 Å². The minimum atomic E-state index is -0.278. The van der Waals surface area contributed by atoms with Crippen molar-refractivity contribution in [3.63, 3.8) is 0 Å². The van der Waals surface area contributed by atoms with Crippen molar-refractivity contribution in [1.29, 1.82) is 0 Å². The van der Waals surface area contributed by atoms with Crippen LogP contribution in [0.25, 0.3) is 0 Å². The van der Waals surface area contributed by atoms with E-state index in [1.54, 1.807) is 0 Å². The first-order valence-electron chi connectivity index (χ1n) is 6.99. The van der Waals surface area contributed by atoms with E-state index in [1.807, 2.05) is 24.3 Å². The topological polar surface area (TPSA) is 70.2 Å². The number of benzene rings is 1. The van der Waals surface area contributed by atoms with Gasteiger partial charge in [-0.25, -0.2) is 4.79 Å². The van der Waals surface area contributed by atoms with Gasteiger partial charge in [-0.1, -0.05) is 32.0 Å². The number of carbonyl (C=O) groups excluding carboxylic acids is 2. The summed E-state index contributed by atoms with van der Waals surface area (Å²) in [5, 5.41) is 8.17. The van der Waals surface area contributed by atoms with Crippen LogP contribution in [0.4, 0.5) is 10.5 Å². The molecule has 1 saturated carbocycles. The van der Waals surface area contributed by atoms with Crippen LogP contribution < -0.4 is 16.0 Å². The van der Waals surface area contributed by atoms with Crippen molar-refractivity contribution in [2.45, 2.75) is 38.6 Å². The van der Waals surface area contributed by atoms with E-state index < -0.39 is 0 Å². The first kappa shape index (κ1) is 14.4. The van der Waals surface area contributed by atoms with Gasteiger partial charge in [-0.15, -0.1) is 0 Å². The minimum Gasteiger partial charge on any atom is -0.335 e. The van der Waals surface area contributed by atoms with Gasteiger partial charge in [0.15, 0.2) is 0 Å². The van der Waals surface area contributed by atoms with E-state index in [1.165, 1.54) is 0 Å². The number of para-hydroxylation sites is 1. The van der Waals surface area contributed by atoms with Crippen molar-refractivity contribution in [3.8, 4) is 0 Å². The molecule has 0 saturated heterocycles. The second kappa shape index (κ2) is 6.41. The maximum absolute atomic E-state index is 11.8. The van der Waals surface area contributed by atoms with Gasteiger partial charge in [-0.3, -0.25) is 4.79 Å². The quantitative estimate of drug-likeness (QED) is 0.771. The Morgan fingerprint density at radius 3 is 2.60 bits per heavy atom. The Balaban J connectivity index is 1.83. The molecule has 1 aliphatic rings. The molecule has 0 heterocycles. The lowest BCUT2D eigenvalue weighted by atomic mass is 10.0. The summed E-state index contributed by atoms with van der Waals surface area (Å²) in [5.41, 5.74) is 1.89. The van der Waals surface area contributed by atoms with E-state index in [0.29, 0.717) is 12.0 Å². The standard InChI is InChI=1S/C15H21N3O2/c1-10(2)12-5-3-4-6-13(12)18-14(19)9-16-15(20)17-11-7-8-11/h3-6,10-11H,7-9H2,1-2H3,(H,18,19)(H2,16,17,20). The van der Waals surface area contributed by atoms with Gasteiger partial charge in [-0.2, -0.15) is 0 Å². The molecule has 0 aromatic heterocycles. The third-order valence-corrected chi connectivity index (χ3v) is 3.18. The summed E-state index contributed by atoms with van der Waals surface area (Å²) in [6.07, 6.45) is 2.06. The average Bonchev–Trinajstić information content (AvgIpc) is 3.21. The Morgan fingerprint density at radius 1 is 1.25 bits per heavy atom. The molecule has 0 radical (unpaired) electrons. The fraction of sp³-hybridized carbons (Fsp3) is 0.467. The molecule has 0 atom stereocenters. The lowest BCUT2D eigenvalue weighted by Gasteiger charge is -2.14. The molecule has 0 spiro atoms. The SMILES string of the molecule is CC(C)c1ccccc1NC(=O)CNC(=O)NC1CC1. The summed E-state index contributed by atoms with van der Waals surface area (Å²) in [6.45, 7) is 4.13. The number of urea groups is 1. The molecule has 108 valence electrons. The summed E-state index contributed by atoms with van der Waals surface area (Å²) in [4.78, 5) is 23.3.